The molecule has 0 amide bonds. The van der Waals surface area contributed by atoms with Crippen molar-refractivity contribution in [2.45, 2.75) is 52.7 Å². The summed E-state index contributed by atoms with van der Waals surface area (Å²) >= 11 is 1.28. The standard InChI is InChI=1S/C35H37N3O5S/c1-5-41-34(40)30-31(24-9-7-6-8-10-24)36-35-38(32(30)25-11-13-26(14-12-25)42-22(2)3)33(39)28(44-35)21-27-15-16-29(43-27)37-19-17-23(4)18-20-37/h6-16,21-23,32H,5,17-20H2,1-4H3/b28-21-/t32-/m0/s1. The highest BCUT2D eigenvalue weighted by molar-refractivity contribution is 7.07. The van der Waals surface area contributed by atoms with Crippen molar-refractivity contribution >= 4 is 35.0 Å². The number of fused-ring (bicyclic) bond motifs is 1. The van der Waals surface area contributed by atoms with Crippen LogP contribution in [-0.4, -0.2) is 36.3 Å². The molecule has 1 atom stereocenters. The summed E-state index contributed by atoms with van der Waals surface area (Å²) in [4.78, 5) is 35.5. The van der Waals surface area contributed by atoms with Gasteiger partial charge in [-0.25, -0.2) is 9.79 Å². The number of esters is 1. The van der Waals surface area contributed by atoms with Crippen molar-refractivity contribution < 1.29 is 18.7 Å². The van der Waals surface area contributed by atoms with Crippen LogP contribution in [0.25, 0.3) is 11.8 Å². The van der Waals surface area contributed by atoms with Gasteiger partial charge in [-0.05, 0) is 63.3 Å². The molecule has 44 heavy (non-hydrogen) atoms. The molecule has 2 aliphatic rings. The maximum Gasteiger partial charge on any atom is 0.338 e. The smallest absolute Gasteiger partial charge is 0.338 e. The second-order valence-corrected chi connectivity index (χ2v) is 12.5. The highest BCUT2D eigenvalue weighted by Gasteiger charge is 2.35. The number of anilines is 1. The quantitative estimate of drug-likeness (QED) is 0.243. The lowest BCUT2D eigenvalue weighted by Gasteiger charge is -2.29. The average Bonchev–Trinajstić information content (AvgIpc) is 3.61. The van der Waals surface area contributed by atoms with E-state index in [1.54, 1.807) is 17.6 Å². The summed E-state index contributed by atoms with van der Waals surface area (Å²) in [6, 6.07) is 20.2. The Kier molecular flexibility index (Phi) is 8.57. The van der Waals surface area contributed by atoms with Gasteiger partial charge < -0.3 is 18.8 Å². The van der Waals surface area contributed by atoms with Gasteiger partial charge in [-0.15, -0.1) is 0 Å². The van der Waals surface area contributed by atoms with Crippen molar-refractivity contribution in [1.29, 1.82) is 0 Å². The van der Waals surface area contributed by atoms with Crippen molar-refractivity contribution in [1.82, 2.24) is 4.57 Å². The highest BCUT2D eigenvalue weighted by Crippen LogP contribution is 2.36. The lowest BCUT2D eigenvalue weighted by molar-refractivity contribution is -0.138. The Balaban J connectivity index is 1.50. The average molecular weight is 612 g/mol. The minimum Gasteiger partial charge on any atom is -0.491 e. The Morgan fingerprint density at radius 2 is 1.80 bits per heavy atom. The molecular weight excluding hydrogens is 574 g/mol. The fraction of sp³-hybridized carbons (Fsp3) is 0.343. The second kappa shape index (κ2) is 12.7. The maximum absolute atomic E-state index is 14.2. The molecule has 4 aromatic rings. The fourth-order valence-corrected chi connectivity index (χ4v) is 6.69. The largest absolute Gasteiger partial charge is 0.491 e. The van der Waals surface area contributed by atoms with E-state index in [4.69, 9.17) is 18.9 Å². The number of furan rings is 1. The van der Waals surface area contributed by atoms with Crippen LogP contribution in [-0.2, 0) is 9.53 Å². The van der Waals surface area contributed by atoms with E-state index in [0.29, 0.717) is 38.0 Å². The van der Waals surface area contributed by atoms with Crippen LogP contribution in [0.5, 0.6) is 5.75 Å². The molecule has 0 spiro atoms. The molecule has 0 unspecified atom stereocenters. The number of aromatic nitrogens is 1. The van der Waals surface area contributed by atoms with Crippen LogP contribution >= 0.6 is 11.3 Å². The van der Waals surface area contributed by atoms with Crippen molar-refractivity contribution in [2.24, 2.45) is 10.9 Å². The van der Waals surface area contributed by atoms with E-state index >= 15 is 0 Å². The number of benzene rings is 2. The number of rotatable bonds is 8. The molecule has 9 heteroatoms. The van der Waals surface area contributed by atoms with Crippen LogP contribution in [0.1, 0.15) is 63.5 Å². The highest BCUT2D eigenvalue weighted by atomic mass is 32.1. The summed E-state index contributed by atoms with van der Waals surface area (Å²) in [6.07, 6.45) is 4.04. The van der Waals surface area contributed by atoms with E-state index in [9.17, 15) is 9.59 Å². The van der Waals surface area contributed by atoms with Gasteiger partial charge in [0.15, 0.2) is 10.7 Å². The van der Waals surface area contributed by atoms with Crippen molar-refractivity contribution in [2.75, 3.05) is 24.6 Å². The zero-order valence-electron chi connectivity index (χ0n) is 25.5. The van der Waals surface area contributed by atoms with E-state index < -0.39 is 12.0 Å². The summed E-state index contributed by atoms with van der Waals surface area (Å²) in [7, 11) is 0. The third kappa shape index (κ3) is 6.01. The van der Waals surface area contributed by atoms with Gasteiger partial charge >= 0.3 is 5.97 Å². The first-order chi connectivity index (χ1) is 21.3. The van der Waals surface area contributed by atoms with Crippen LogP contribution in [0, 0.1) is 5.92 Å². The predicted octanol–water partition coefficient (Wildman–Crippen LogP) is 5.55. The van der Waals surface area contributed by atoms with E-state index in [1.165, 1.54) is 11.3 Å². The van der Waals surface area contributed by atoms with Gasteiger partial charge in [0.05, 0.1) is 34.6 Å². The summed E-state index contributed by atoms with van der Waals surface area (Å²) in [5.74, 6) is 2.33. The monoisotopic (exact) mass is 611 g/mol. The molecule has 1 fully saturated rings. The number of carbonyl (C=O) groups excluding carboxylic acids is 1. The Morgan fingerprint density at radius 3 is 2.48 bits per heavy atom. The number of carbonyl (C=O) groups is 1. The van der Waals surface area contributed by atoms with Crippen molar-refractivity contribution in [3.05, 3.63) is 109 Å². The molecule has 0 saturated carbocycles. The first kappa shape index (κ1) is 29.7. The first-order valence-corrected chi connectivity index (χ1v) is 16.0. The van der Waals surface area contributed by atoms with Crippen molar-refractivity contribution in [3.63, 3.8) is 0 Å². The van der Waals surface area contributed by atoms with Gasteiger partial charge in [0.25, 0.3) is 5.56 Å². The number of thiazole rings is 1. The van der Waals surface area contributed by atoms with Gasteiger partial charge in [0.1, 0.15) is 11.5 Å². The number of piperidine rings is 1. The molecule has 6 rings (SSSR count). The number of hydrogen-bond donors (Lipinski definition) is 0. The maximum atomic E-state index is 14.2. The summed E-state index contributed by atoms with van der Waals surface area (Å²) in [5, 5.41) is 0. The van der Waals surface area contributed by atoms with Crippen LogP contribution in [0.4, 0.5) is 5.88 Å². The van der Waals surface area contributed by atoms with Crippen LogP contribution < -0.4 is 24.5 Å². The summed E-state index contributed by atoms with van der Waals surface area (Å²) < 4.78 is 19.7. The van der Waals surface area contributed by atoms with Gasteiger partial charge in [-0.2, -0.15) is 0 Å². The minimum atomic E-state index is -0.752. The van der Waals surface area contributed by atoms with E-state index in [1.807, 2.05) is 80.6 Å². The van der Waals surface area contributed by atoms with Gasteiger partial charge in [-0.3, -0.25) is 9.36 Å². The molecule has 0 radical (unpaired) electrons. The molecular formula is C35H37N3O5S. The Bertz CT molecular complexity index is 1840. The van der Waals surface area contributed by atoms with Crippen molar-refractivity contribution in [3.8, 4) is 5.75 Å². The number of nitrogens with zero attached hydrogens (tertiary/aromatic N) is 3. The fourth-order valence-electron chi connectivity index (χ4n) is 5.70. The molecule has 2 aromatic carbocycles. The molecule has 0 aliphatic carbocycles. The zero-order chi connectivity index (χ0) is 30.8. The Labute approximate surface area is 260 Å². The number of ether oxygens (including phenoxy) is 2. The molecule has 2 aromatic heterocycles. The molecule has 2 aliphatic heterocycles. The normalized spacial score (nSPS) is 17.5. The van der Waals surface area contributed by atoms with Gasteiger partial charge in [0.2, 0.25) is 0 Å². The van der Waals surface area contributed by atoms with Crippen LogP contribution in [0.15, 0.2) is 86.5 Å². The molecule has 0 bridgehead atoms. The molecule has 0 N–H and O–H groups in total. The predicted molar refractivity (Wildman–Crippen MR) is 173 cm³/mol. The van der Waals surface area contributed by atoms with Crippen LogP contribution in [0.3, 0.4) is 0 Å². The summed E-state index contributed by atoms with van der Waals surface area (Å²) in [6.45, 7) is 10.1. The summed E-state index contributed by atoms with van der Waals surface area (Å²) in [5.41, 5.74) is 2.07. The Morgan fingerprint density at radius 1 is 1.07 bits per heavy atom. The SMILES string of the molecule is CCOC(=O)C1=C(c2ccccc2)N=c2s/c(=C\c3ccc(N4CCC(C)CC4)o3)c(=O)n2[C@H]1c1ccc(OC(C)C)cc1. The molecule has 8 nitrogen and oxygen atoms in total. The molecule has 228 valence electrons. The molecule has 1 saturated heterocycles. The topological polar surface area (TPSA) is 86.3 Å². The van der Waals surface area contributed by atoms with Gasteiger partial charge in [-0.1, -0.05) is 60.7 Å². The molecule has 4 heterocycles. The zero-order valence-corrected chi connectivity index (χ0v) is 26.3. The minimum absolute atomic E-state index is 0.0128. The third-order valence-electron chi connectivity index (χ3n) is 7.92. The Hall–Kier alpha value is -4.37. The van der Waals surface area contributed by atoms with Gasteiger partial charge in [0, 0.05) is 30.8 Å². The lowest BCUT2D eigenvalue weighted by atomic mass is 9.93. The third-order valence-corrected chi connectivity index (χ3v) is 8.91. The van der Waals surface area contributed by atoms with Crippen LogP contribution in [0.2, 0.25) is 0 Å². The van der Waals surface area contributed by atoms with E-state index in [-0.39, 0.29) is 18.3 Å². The second-order valence-electron chi connectivity index (χ2n) is 11.5. The number of hydrogen-bond acceptors (Lipinski definition) is 8. The lowest BCUT2D eigenvalue weighted by Crippen LogP contribution is -2.40. The first-order valence-electron chi connectivity index (χ1n) is 15.2. The van der Waals surface area contributed by atoms with E-state index in [0.717, 1.165) is 42.9 Å². The van der Waals surface area contributed by atoms with E-state index in [2.05, 4.69) is 11.8 Å².